The average molecular weight is 278 g/mol. The molecule has 0 aliphatic heterocycles. The van der Waals surface area contributed by atoms with Crippen LogP contribution in [0.25, 0.3) is 0 Å². The zero-order valence-electron chi connectivity index (χ0n) is 10.7. The molecule has 1 amide bonds. The minimum absolute atomic E-state index is 0.129. The van der Waals surface area contributed by atoms with Crippen LogP contribution in [0.15, 0.2) is 24.3 Å². The van der Waals surface area contributed by atoms with E-state index in [4.69, 9.17) is 16.9 Å². The maximum absolute atomic E-state index is 11.9. The van der Waals surface area contributed by atoms with Gasteiger partial charge in [0.25, 0.3) is 0 Å². The van der Waals surface area contributed by atoms with Gasteiger partial charge >= 0.3 is 0 Å². The van der Waals surface area contributed by atoms with Gasteiger partial charge in [0.05, 0.1) is 12.6 Å². The molecule has 1 aromatic rings. The molecule has 1 atom stereocenters. The van der Waals surface area contributed by atoms with Crippen LogP contribution in [0, 0.1) is 17.2 Å². The van der Waals surface area contributed by atoms with Crippen molar-refractivity contribution in [2.75, 3.05) is 11.9 Å². The molecule has 5 heteroatoms. The highest BCUT2D eigenvalue weighted by Gasteiger charge is 2.42. The van der Waals surface area contributed by atoms with Crippen LogP contribution in [0.5, 0.6) is 0 Å². The van der Waals surface area contributed by atoms with E-state index in [1.807, 2.05) is 12.1 Å². The van der Waals surface area contributed by atoms with Gasteiger partial charge < -0.3 is 10.6 Å². The van der Waals surface area contributed by atoms with Crippen LogP contribution in [0.3, 0.4) is 0 Å². The van der Waals surface area contributed by atoms with Crippen molar-refractivity contribution in [2.45, 2.75) is 25.3 Å². The number of nitriles is 1. The summed E-state index contributed by atoms with van der Waals surface area (Å²) in [5.74, 6) is 0.101. The number of benzene rings is 1. The normalized spacial score (nSPS) is 17.1. The number of anilines is 1. The predicted molar refractivity (Wildman–Crippen MR) is 74.8 cm³/mol. The molecule has 1 aromatic carbocycles. The molecule has 2 rings (SSSR count). The summed E-state index contributed by atoms with van der Waals surface area (Å²) in [4.78, 5) is 11.9. The van der Waals surface area contributed by atoms with Crippen LogP contribution in [-0.4, -0.2) is 18.0 Å². The Hall–Kier alpha value is -1.73. The largest absolute Gasteiger partial charge is 0.376 e. The first-order chi connectivity index (χ1) is 9.03. The van der Waals surface area contributed by atoms with E-state index in [-0.39, 0.29) is 18.4 Å². The van der Waals surface area contributed by atoms with Crippen molar-refractivity contribution >= 4 is 23.2 Å². The highest BCUT2D eigenvalue weighted by Crippen LogP contribution is 2.39. The van der Waals surface area contributed by atoms with E-state index in [0.717, 1.165) is 18.5 Å². The quantitative estimate of drug-likeness (QED) is 0.869. The van der Waals surface area contributed by atoms with Crippen molar-refractivity contribution in [3.05, 3.63) is 29.3 Å². The first-order valence-corrected chi connectivity index (χ1v) is 6.63. The second kappa shape index (κ2) is 5.50. The molecule has 0 spiro atoms. The molecule has 2 N–H and O–H groups in total. The number of nitrogens with zero attached hydrogens (tertiary/aromatic N) is 1. The summed E-state index contributed by atoms with van der Waals surface area (Å²) in [6, 6.07) is 9.37. The van der Waals surface area contributed by atoms with Crippen LogP contribution >= 0.6 is 11.6 Å². The van der Waals surface area contributed by atoms with Gasteiger partial charge in [-0.3, -0.25) is 4.79 Å². The van der Waals surface area contributed by atoms with Crippen molar-refractivity contribution < 1.29 is 4.79 Å². The van der Waals surface area contributed by atoms with Gasteiger partial charge in [0.2, 0.25) is 5.91 Å². The fraction of sp³-hybridized carbons (Fsp3) is 0.429. The molecule has 19 heavy (non-hydrogen) atoms. The lowest BCUT2D eigenvalue weighted by molar-refractivity contribution is -0.120. The number of hydrogen-bond acceptors (Lipinski definition) is 3. The summed E-state index contributed by atoms with van der Waals surface area (Å²) in [5, 5.41) is 15.6. The van der Waals surface area contributed by atoms with E-state index in [0.29, 0.717) is 5.02 Å². The third-order valence-electron chi connectivity index (χ3n) is 3.30. The molecule has 0 heterocycles. The third kappa shape index (κ3) is 3.62. The Kier molecular flexibility index (Phi) is 3.96. The highest BCUT2D eigenvalue weighted by molar-refractivity contribution is 6.30. The van der Waals surface area contributed by atoms with Crippen LogP contribution in [-0.2, 0) is 4.79 Å². The Labute approximate surface area is 117 Å². The summed E-state index contributed by atoms with van der Waals surface area (Å²) in [7, 11) is 0. The standard InChI is InChI=1S/C14H16ClN3O/c1-14(9-16,10-5-6-10)18-13(19)8-17-12-4-2-3-11(15)7-12/h2-4,7,10,17H,5-6,8H2,1H3,(H,18,19)/t14-/m1/s1. The molecule has 0 bridgehead atoms. The van der Waals surface area contributed by atoms with E-state index >= 15 is 0 Å². The monoisotopic (exact) mass is 277 g/mol. The Morgan fingerprint density at radius 1 is 1.58 bits per heavy atom. The number of rotatable bonds is 5. The second-order valence-corrected chi connectivity index (χ2v) is 5.44. The minimum Gasteiger partial charge on any atom is -0.376 e. The summed E-state index contributed by atoms with van der Waals surface area (Å²) in [5.41, 5.74) is 0.0420. The van der Waals surface area contributed by atoms with E-state index in [1.54, 1.807) is 19.1 Å². The number of amides is 1. The molecule has 1 saturated carbocycles. The first kappa shape index (κ1) is 13.7. The molecule has 1 fully saturated rings. The van der Waals surface area contributed by atoms with Crippen LogP contribution < -0.4 is 10.6 Å². The number of nitrogens with one attached hydrogen (secondary N) is 2. The van der Waals surface area contributed by atoms with Crippen molar-refractivity contribution in [3.8, 4) is 6.07 Å². The predicted octanol–water partition coefficient (Wildman–Crippen LogP) is 2.56. The molecule has 100 valence electrons. The SMILES string of the molecule is C[C@](C#N)(NC(=O)CNc1cccc(Cl)c1)C1CC1. The lowest BCUT2D eigenvalue weighted by Crippen LogP contribution is -2.48. The van der Waals surface area contributed by atoms with Crippen LogP contribution in [0.4, 0.5) is 5.69 Å². The van der Waals surface area contributed by atoms with E-state index in [9.17, 15) is 4.79 Å². The van der Waals surface area contributed by atoms with Gasteiger partial charge in [-0.05, 0) is 43.9 Å². The molecule has 1 aliphatic carbocycles. The maximum Gasteiger partial charge on any atom is 0.240 e. The Morgan fingerprint density at radius 2 is 2.32 bits per heavy atom. The Balaban J connectivity index is 1.86. The molecule has 4 nitrogen and oxygen atoms in total. The minimum atomic E-state index is -0.743. The fourth-order valence-electron chi connectivity index (χ4n) is 2.00. The topological polar surface area (TPSA) is 64.9 Å². The first-order valence-electron chi connectivity index (χ1n) is 6.25. The third-order valence-corrected chi connectivity index (χ3v) is 3.54. The lowest BCUT2D eigenvalue weighted by Gasteiger charge is -2.23. The van der Waals surface area contributed by atoms with Gasteiger partial charge in [0.1, 0.15) is 5.54 Å². The summed E-state index contributed by atoms with van der Waals surface area (Å²) in [6.45, 7) is 1.91. The lowest BCUT2D eigenvalue weighted by atomic mass is 9.98. The summed E-state index contributed by atoms with van der Waals surface area (Å²) in [6.07, 6.45) is 2.01. The van der Waals surface area contributed by atoms with Crippen molar-refractivity contribution in [3.63, 3.8) is 0 Å². The smallest absolute Gasteiger partial charge is 0.240 e. The summed E-state index contributed by atoms with van der Waals surface area (Å²) < 4.78 is 0. The highest BCUT2D eigenvalue weighted by atomic mass is 35.5. The Bertz CT molecular complexity index is 522. The fourth-order valence-corrected chi connectivity index (χ4v) is 2.19. The van der Waals surface area contributed by atoms with E-state index in [1.165, 1.54) is 0 Å². The molecule has 0 saturated heterocycles. The van der Waals surface area contributed by atoms with Gasteiger partial charge in [-0.15, -0.1) is 0 Å². The molecule has 1 aliphatic rings. The van der Waals surface area contributed by atoms with E-state index in [2.05, 4.69) is 16.7 Å². The molecular weight excluding hydrogens is 262 g/mol. The van der Waals surface area contributed by atoms with Crippen molar-refractivity contribution in [1.82, 2.24) is 5.32 Å². The van der Waals surface area contributed by atoms with Gasteiger partial charge in [0, 0.05) is 10.7 Å². The molecule has 0 aromatic heterocycles. The average Bonchev–Trinajstić information content (AvgIpc) is 3.21. The zero-order chi connectivity index (χ0) is 13.9. The second-order valence-electron chi connectivity index (χ2n) is 5.00. The number of carbonyl (C=O) groups is 1. The number of carbonyl (C=O) groups excluding carboxylic acids is 1. The van der Waals surface area contributed by atoms with Gasteiger partial charge in [-0.1, -0.05) is 17.7 Å². The maximum atomic E-state index is 11.9. The van der Waals surface area contributed by atoms with Gasteiger partial charge in [0.15, 0.2) is 0 Å². The van der Waals surface area contributed by atoms with Gasteiger partial charge in [-0.25, -0.2) is 0 Å². The zero-order valence-corrected chi connectivity index (χ0v) is 11.5. The van der Waals surface area contributed by atoms with Gasteiger partial charge in [-0.2, -0.15) is 5.26 Å². The molecule has 0 unspecified atom stereocenters. The molecular formula is C14H16ClN3O. The number of halogens is 1. The molecule has 0 radical (unpaired) electrons. The van der Waals surface area contributed by atoms with Crippen LogP contribution in [0.2, 0.25) is 5.02 Å². The summed E-state index contributed by atoms with van der Waals surface area (Å²) >= 11 is 5.86. The Morgan fingerprint density at radius 3 is 2.89 bits per heavy atom. The van der Waals surface area contributed by atoms with Crippen molar-refractivity contribution in [1.29, 1.82) is 5.26 Å². The van der Waals surface area contributed by atoms with Crippen molar-refractivity contribution in [2.24, 2.45) is 5.92 Å². The van der Waals surface area contributed by atoms with Crippen LogP contribution in [0.1, 0.15) is 19.8 Å². The number of hydrogen-bond donors (Lipinski definition) is 2. The van der Waals surface area contributed by atoms with E-state index < -0.39 is 5.54 Å².